The van der Waals surface area contributed by atoms with Gasteiger partial charge in [0, 0.05) is 45.8 Å². The van der Waals surface area contributed by atoms with E-state index in [-0.39, 0.29) is 10.8 Å². The molecule has 2 aliphatic heterocycles. The van der Waals surface area contributed by atoms with Crippen LogP contribution >= 0.6 is 0 Å². The van der Waals surface area contributed by atoms with Crippen LogP contribution in [0, 0.1) is 6.92 Å². The summed E-state index contributed by atoms with van der Waals surface area (Å²) in [7, 11) is -3.50. The van der Waals surface area contributed by atoms with Crippen LogP contribution in [-0.2, 0) is 14.8 Å². The van der Waals surface area contributed by atoms with Crippen LogP contribution in [0.3, 0.4) is 0 Å². The van der Waals surface area contributed by atoms with E-state index in [0.717, 1.165) is 25.4 Å². The summed E-state index contributed by atoms with van der Waals surface area (Å²) >= 11 is 0. The van der Waals surface area contributed by atoms with Crippen molar-refractivity contribution in [3.05, 3.63) is 47.9 Å². The van der Waals surface area contributed by atoms with Crippen molar-refractivity contribution in [3.8, 4) is 5.75 Å². The van der Waals surface area contributed by atoms with Crippen molar-refractivity contribution in [2.45, 2.75) is 11.8 Å². The van der Waals surface area contributed by atoms with E-state index in [2.05, 4.69) is 4.90 Å². The van der Waals surface area contributed by atoms with Crippen LogP contribution in [0.25, 0.3) is 0 Å². The first-order chi connectivity index (χ1) is 15.4. The van der Waals surface area contributed by atoms with Crippen LogP contribution in [0.1, 0.15) is 16.3 Å². The molecule has 2 saturated heterocycles. The molecule has 0 aliphatic carbocycles. The van der Waals surface area contributed by atoms with Gasteiger partial charge in [-0.25, -0.2) is 8.42 Å². The highest BCUT2D eigenvalue weighted by Crippen LogP contribution is 2.20. The van der Waals surface area contributed by atoms with E-state index in [1.807, 2.05) is 11.8 Å². The summed E-state index contributed by atoms with van der Waals surface area (Å²) in [6, 6.07) is 10.1. The minimum absolute atomic E-state index is 0.0684. The molecule has 0 saturated carbocycles. The molecular formula is C22H29N3O6S. The molecule has 2 aromatic rings. The molecule has 10 heteroatoms. The van der Waals surface area contributed by atoms with E-state index in [1.54, 1.807) is 36.4 Å². The molecule has 0 unspecified atom stereocenters. The Morgan fingerprint density at radius 2 is 1.66 bits per heavy atom. The smallest absolute Gasteiger partial charge is 0.289 e. The molecule has 1 aromatic heterocycles. The number of sulfonamides is 1. The fourth-order valence-electron chi connectivity index (χ4n) is 3.82. The number of carbonyl (C=O) groups excluding carboxylic acids is 1. The summed E-state index contributed by atoms with van der Waals surface area (Å²) in [6.45, 7) is 7.47. The Kier molecular flexibility index (Phi) is 7.14. The zero-order valence-electron chi connectivity index (χ0n) is 18.2. The molecule has 0 N–H and O–H groups in total. The number of aryl methyl sites for hydroxylation is 1. The third kappa shape index (κ3) is 5.32. The van der Waals surface area contributed by atoms with Crippen LogP contribution in [0.5, 0.6) is 5.75 Å². The van der Waals surface area contributed by atoms with Gasteiger partial charge in [0.1, 0.15) is 18.1 Å². The predicted molar refractivity (Wildman–Crippen MR) is 117 cm³/mol. The number of morpholine rings is 1. The van der Waals surface area contributed by atoms with E-state index >= 15 is 0 Å². The van der Waals surface area contributed by atoms with Crippen molar-refractivity contribution < 1.29 is 27.1 Å². The zero-order valence-corrected chi connectivity index (χ0v) is 19.1. The van der Waals surface area contributed by atoms with Gasteiger partial charge in [0.15, 0.2) is 5.76 Å². The zero-order chi connectivity index (χ0) is 22.6. The van der Waals surface area contributed by atoms with Crippen molar-refractivity contribution in [2.24, 2.45) is 0 Å². The van der Waals surface area contributed by atoms with Gasteiger partial charge in [0.2, 0.25) is 10.0 Å². The third-order valence-corrected chi connectivity index (χ3v) is 7.63. The Hall–Kier alpha value is -2.40. The first kappa shape index (κ1) is 22.8. The molecule has 1 aromatic carbocycles. The van der Waals surface area contributed by atoms with Gasteiger partial charge in [-0.05, 0) is 43.3 Å². The Bertz CT molecular complexity index is 1010. The number of nitrogens with zero attached hydrogens (tertiary/aromatic N) is 3. The van der Waals surface area contributed by atoms with Gasteiger partial charge in [-0.3, -0.25) is 9.69 Å². The summed E-state index contributed by atoms with van der Waals surface area (Å²) in [5.41, 5.74) is 0. The summed E-state index contributed by atoms with van der Waals surface area (Å²) in [4.78, 5) is 16.8. The van der Waals surface area contributed by atoms with Gasteiger partial charge in [0.05, 0.1) is 18.1 Å². The molecule has 32 heavy (non-hydrogen) atoms. The van der Waals surface area contributed by atoms with E-state index < -0.39 is 10.0 Å². The second-order valence-corrected chi connectivity index (χ2v) is 9.82. The number of ether oxygens (including phenoxy) is 2. The van der Waals surface area contributed by atoms with Gasteiger partial charge in [-0.1, -0.05) is 0 Å². The quantitative estimate of drug-likeness (QED) is 0.614. The van der Waals surface area contributed by atoms with Gasteiger partial charge in [-0.2, -0.15) is 4.31 Å². The maximum atomic E-state index is 12.7. The minimum Gasteiger partial charge on any atom is -0.492 e. The van der Waals surface area contributed by atoms with Crippen molar-refractivity contribution in [1.29, 1.82) is 0 Å². The standard InChI is InChI=1S/C22H29N3O6S/c1-18-2-7-21(31-18)22(26)24-10-8-23(9-11-24)12-17-30-19-3-5-20(6-4-19)32(27,28)25-13-15-29-16-14-25/h2-7H,8-17H2,1H3. The molecule has 3 heterocycles. The first-order valence-corrected chi connectivity index (χ1v) is 12.3. The summed E-state index contributed by atoms with van der Waals surface area (Å²) in [6.07, 6.45) is 0. The molecule has 0 atom stereocenters. The van der Waals surface area contributed by atoms with Crippen molar-refractivity contribution in [1.82, 2.24) is 14.1 Å². The van der Waals surface area contributed by atoms with Crippen LogP contribution in [-0.4, -0.2) is 94.1 Å². The Morgan fingerprint density at radius 3 is 2.28 bits per heavy atom. The van der Waals surface area contributed by atoms with Crippen LogP contribution in [0.2, 0.25) is 0 Å². The lowest BCUT2D eigenvalue weighted by molar-refractivity contribution is 0.0589. The fourth-order valence-corrected chi connectivity index (χ4v) is 5.22. The average molecular weight is 464 g/mol. The SMILES string of the molecule is Cc1ccc(C(=O)N2CCN(CCOc3ccc(S(=O)(=O)N4CCOCC4)cc3)CC2)o1. The average Bonchev–Trinajstić information content (AvgIpc) is 3.26. The number of hydrogen-bond acceptors (Lipinski definition) is 7. The monoisotopic (exact) mass is 463 g/mol. The highest BCUT2D eigenvalue weighted by Gasteiger charge is 2.26. The number of furan rings is 1. The maximum absolute atomic E-state index is 12.7. The van der Waals surface area contributed by atoms with Gasteiger partial charge >= 0.3 is 0 Å². The fraction of sp³-hybridized carbons (Fsp3) is 0.500. The Balaban J connectivity index is 1.21. The second kappa shape index (κ2) is 10.0. The molecule has 9 nitrogen and oxygen atoms in total. The first-order valence-electron chi connectivity index (χ1n) is 10.8. The molecule has 2 fully saturated rings. The lowest BCUT2D eigenvalue weighted by atomic mass is 10.3. The van der Waals surface area contributed by atoms with Crippen molar-refractivity contribution >= 4 is 15.9 Å². The lowest BCUT2D eigenvalue weighted by Crippen LogP contribution is -2.49. The van der Waals surface area contributed by atoms with Gasteiger partial charge in [0.25, 0.3) is 5.91 Å². The number of benzene rings is 1. The number of carbonyl (C=O) groups is 1. The van der Waals surface area contributed by atoms with Crippen LogP contribution in [0.15, 0.2) is 45.7 Å². The second-order valence-electron chi connectivity index (χ2n) is 7.88. The van der Waals surface area contributed by atoms with E-state index in [4.69, 9.17) is 13.9 Å². The van der Waals surface area contributed by atoms with Gasteiger partial charge in [-0.15, -0.1) is 0 Å². The highest BCUT2D eigenvalue weighted by molar-refractivity contribution is 7.89. The maximum Gasteiger partial charge on any atom is 0.289 e. The summed E-state index contributed by atoms with van der Waals surface area (Å²) in [5, 5.41) is 0. The van der Waals surface area contributed by atoms with E-state index in [9.17, 15) is 13.2 Å². The number of piperazine rings is 1. The number of rotatable bonds is 7. The topological polar surface area (TPSA) is 92.5 Å². The number of hydrogen-bond donors (Lipinski definition) is 0. The molecule has 0 radical (unpaired) electrons. The summed E-state index contributed by atoms with van der Waals surface area (Å²) in [5.74, 6) is 1.68. The molecule has 2 aliphatic rings. The van der Waals surface area contributed by atoms with Gasteiger partial charge < -0.3 is 18.8 Å². The summed E-state index contributed by atoms with van der Waals surface area (Å²) < 4.78 is 43.3. The largest absolute Gasteiger partial charge is 0.492 e. The Morgan fingerprint density at radius 1 is 0.969 bits per heavy atom. The van der Waals surface area contributed by atoms with E-state index in [0.29, 0.717) is 57.5 Å². The molecule has 174 valence electrons. The molecule has 0 spiro atoms. The van der Waals surface area contributed by atoms with E-state index in [1.165, 1.54) is 4.31 Å². The molecule has 1 amide bonds. The predicted octanol–water partition coefficient (Wildman–Crippen LogP) is 1.45. The van der Waals surface area contributed by atoms with Crippen LogP contribution in [0.4, 0.5) is 0 Å². The third-order valence-electron chi connectivity index (χ3n) is 5.72. The molecule has 4 rings (SSSR count). The molecular weight excluding hydrogens is 434 g/mol. The van der Waals surface area contributed by atoms with Crippen molar-refractivity contribution in [3.63, 3.8) is 0 Å². The lowest BCUT2D eigenvalue weighted by Gasteiger charge is -2.34. The minimum atomic E-state index is -3.50. The molecule has 0 bridgehead atoms. The number of amides is 1. The normalized spacial score (nSPS) is 18.6. The highest BCUT2D eigenvalue weighted by atomic mass is 32.2. The van der Waals surface area contributed by atoms with Crippen LogP contribution < -0.4 is 4.74 Å². The Labute approximate surface area is 188 Å². The van der Waals surface area contributed by atoms with Crippen molar-refractivity contribution in [2.75, 3.05) is 65.6 Å².